The van der Waals surface area contributed by atoms with Gasteiger partial charge in [-0.2, -0.15) is 21.9 Å². The van der Waals surface area contributed by atoms with E-state index in [1.807, 2.05) is 0 Å². The van der Waals surface area contributed by atoms with Gasteiger partial charge in [-0.1, -0.05) is 0 Å². The average Bonchev–Trinajstić information content (AvgIpc) is 3.10. The van der Waals surface area contributed by atoms with E-state index >= 15 is 0 Å². The Labute approximate surface area is 173 Å². The molecule has 2 fully saturated rings. The summed E-state index contributed by atoms with van der Waals surface area (Å²) in [6.45, 7) is 6.05. The molecule has 1 heterocycles. The smallest absolute Gasteiger partial charge is 0.469 e. The zero-order chi connectivity index (χ0) is 21.9. The minimum atomic E-state index is -3.88. The van der Waals surface area contributed by atoms with Gasteiger partial charge in [0.05, 0.1) is 38.5 Å². The first kappa shape index (κ1) is 24.0. The van der Waals surface area contributed by atoms with Gasteiger partial charge in [0, 0.05) is 12.8 Å². The third kappa shape index (κ3) is 6.63. The van der Waals surface area contributed by atoms with Gasteiger partial charge in [0.2, 0.25) is 0 Å². The maximum atomic E-state index is 13.1. The van der Waals surface area contributed by atoms with Crippen molar-refractivity contribution in [3.63, 3.8) is 0 Å². The van der Waals surface area contributed by atoms with Crippen LogP contribution in [0.15, 0.2) is 0 Å². The van der Waals surface area contributed by atoms with Crippen LogP contribution in [0.2, 0.25) is 0 Å². The third-order valence-corrected chi connectivity index (χ3v) is 5.81. The number of ether oxygens (including phenoxy) is 3. The number of likely N-dealkylation sites (tertiary alicyclic amines) is 1. The fraction of sp³-hybridized carbons (Fsp3) is 0.895. The molecule has 0 aromatic heterocycles. The Balaban J connectivity index is 2.20. The Hall–Kier alpha value is -1.23. The molecule has 0 spiro atoms. The lowest BCUT2D eigenvalue weighted by molar-refractivity contribution is -0.919. The maximum Gasteiger partial charge on any atom is 0.520 e. The molecule has 168 valence electrons. The summed E-state index contributed by atoms with van der Waals surface area (Å²) >= 11 is 0. The molecule has 2 rings (SSSR count). The van der Waals surface area contributed by atoms with Crippen LogP contribution in [0.3, 0.4) is 0 Å². The summed E-state index contributed by atoms with van der Waals surface area (Å²) in [6, 6.07) is 0. The summed E-state index contributed by atoms with van der Waals surface area (Å²) < 4.78 is 45.3. The van der Waals surface area contributed by atoms with Crippen molar-refractivity contribution >= 4 is 22.2 Å². The normalized spacial score (nSPS) is 26.0. The highest BCUT2D eigenvalue weighted by Crippen LogP contribution is 2.34. The summed E-state index contributed by atoms with van der Waals surface area (Å²) in [5.74, 6) is -0.431. The molecule has 1 amide bonds. The SMILES string of the molecule is COC(=O)C1CCC(OC(OS(C)(=O)=O)[N+]2(C(=O)OC(C)(C)C)CCCC2)CC1. The molecule has 0 aromatic rings. The van der Waals surface area contributed by atoms with Crippen molar-refractivity contribution in [3.8, 4) is 0 Å². The molecule has 1 aliphatic carbocycles. The van der Waals surface area contributed by atoms with E-state index in [0.717, 1.165) is 19.1 Å². The van der Waals surface area contributed by atoms with E-state index in [1.54, 1.807) is 20.8 Å². The summed E-state index contributed by atoms with van der Waals surface area (Å²) in [6.07, 6.45) is 2.51. The zero-order valence-corrected chi connectivity index (χ0v) is 18.8. The molecule has 0 aromatic carbocycles. The Bertz CT molecular complexity index is 685. The molecule has 10 heteroatoms. The molecule has 1 saturated heterocycles. The highest BCUT2D eigenvalue weighted by molar-refractivity contribution is 7.86. The van der Waals surface area contributed by atoms with Gasteiger partial charge >= 0.3 is 18.5 Å². The van der Waals surface area contributed by atoms with E-state index in [2.05, 4.69) is 0 Å². The summed E-state index contributed by atoms with van der Waals surface area (Å²) in [7, 11) is -2.51. The quantitative estimate of drug-likeness (QED) is 0.271. The van der Waals surface area contributed by atoms with Crippen molar-refractivity contribution in [2.24, 2.45) is 5.92 Å². The van der Waals surface area contributed by atoms with Crippen LogP contribution in [0, 0.1) is 5.92 Å². The Kier molecular flexibility index (Phi) is 7.69. The molecule has 1 aliphatic heterocycles. The molecule has 29 heavy (non-hydrogen) atoms. The lowest BCUT2D eigenvalue weighted by Gasteiger charge is -2.39. The van der Waals surface area contributed by atoms with E-state index in [0.29, 0.717) is 38.8 Å². The number of methoxy groups -OCH3 is 1. The minimum Gasteiger partial charge on any atom is -0.469 e. The number of nitrogens with zero attached hydrogens (tertiary/aromatic N) is 1. The summed E-state index contributed by atoms with van der Waals surface area (Å²) in [5, 5.41) is 0. The molecule has 0 N–H and O–H groups in total. The van der Waals surface area contributed by atoms with Crippen LogP contribution < -0.4 is 0 Å². The molecule has 0 bridgehead atoms. The monoisotopic (exact) mass is 436 g/mol. The lowest BCUT2D eigenvalue weighted by Crippen LogP contribution is -2.61. The van der Waals surface area contributed by atoms with Crippen LogP contribution in [-0.2, 0) is 33.3 Å². The van der Waals surface area contributed by atoms with Crippen LogP contribution in [0.25, 0.3) is 0 Å². The van der Waals surface area contributed by atoms with Crippen molar-refractivity contribution in [1.82, 2.24) is 0 Å². The third-order valence-electron chi connectivity index (χ3n) is 5.30. The van der Waals surface area contributed by atoms with Crippen molar-refractivity contribution in [3.05, 3.63) is 0 Å². The molecule has 2 aliphatic rings. The van der Waals surface area contributed by atoms with Crippen LogP contribution in [0.5, 0.6) is 0 Å². The van der Waals surface area contributed by atoms with E-state index in [1.165, 1.54) is 7.11 Å². The average molecular weight is 437 g/mol. The molecule has 1 unspecified atom stereocenters. The standard InChI is InChI=1S/C19H34NO8S/c1-19(2,3)27-17(22)20(12-6-7-13-20)18(28-29(5,23)24)26-15-10-8-14(9-11-15)16(21)25-4/h14-15,18H,6-13H2,1-5H3/q+1. The minimum absolute atomic E-state index is 0.185. The van der Waals surface area contributed by atoms with Crippen LogP contribution in [-0.4, -0.2) is 69.5 Å². The van der Waals surface area contributed by atoms with Gasteiger partial charge in [0.15, 0.2) is 0 Å². The fourth-order valence-corrected chi connectivity index (χ4v) is 4.38. The van der Waals surface area contributed by atoms with Gasteiger partial charge in [0.25, 0.3) is 10.1 Å². The van der Waals surface area contributed by atoms with Gasteiger partial charge < -0.3 is 14.2 Å². The van der Waals surface area contributed by atoms with Gasteiger partial charge in [-0.05, 0) is 46.5 Å². The highest BCUT2D eigenvalue weighted by atomic mass is 32.2. The predicted molar refractivity (Wildman–Crippen MR) is 104 cm³/mol. The van der Waals surface area contributed by atoms with Crippen molar-refractivity contribution < 1.29 is 40.9 Å². The van der Waals surface area contributed by atoms with Gasteiger partial charge in [-0.3, -0.25) is 4.79 Å². The van der Waals surface area contributed by atoms with E-state index < -0.39 is 28.2 Å². The van der Waals surface area contributed by atoms with Crippen LogP contribution in [0.1, 0.15) is 59.3 Å². The second-order valence-corrected chi connectivity index (χ2v) is 10.5. The van der Waals surface area contributed by atoms with Crippen molar-refractivity contribution in [2.75, 3.05) is 26.5 Å². The molecule has 1 saturated carbocycles. The van der Waals surface area contributed by atoms with Gasteiger partial charge in [-0.15, -0.1) is 0 Å². The molecule has 0 radical (unpaired) electrons. The second kappa shape index (κ2) is 9.28. The van der Waals surface area contributed by atoms with Crippen molar-refractivity contribution in [1.29, 1.82) is 0 Å². The zero-order valence-electron chi connectivity index (χ0n) is 18.0. The number of quaternary nitrogens is 1. The fourth-order valence-electron chi connectivity index (χ4n) is 3.87. The molecule has 1 atom stereocenters. The van der Waals surface area contributed by atoms with E-state index in [9.17, 15) is 18.0 Å². The largest absolute Gasteiger partial charge is 0.520 e. The predicted octanol–water partition coefficient (Wildman–Crippen LogP) is 2.54. The number of amides is 1. The number of hydrogen-bond donors (Lipinski definition) is 0. The maximum absolute atomic E-state index is 13.1. The lowest BCUT2D eigenvalue weighted by atomic mass is 9.87. The molecular weight excluding hydrogens is 402 g/mol. The van der Waals surface area contributed by atoms with Crippen LogP contribution in [0.4, 0.5) is 4.79 Å². The van der Waals surface area contributed by atoms with Gasteiger partial charge in [0.1, 0.15) is 5.60 Å². The van der Waals surface area contributed by atoms with Crippen molar-refractivity contribution in [2.45, 2.75) is 77.4 Å². The number of carbonyl (C=O) groups is 2. The first-order chi connectivity index (χ1) is 13.4. The number of rotatable bonds is 6. The number of carbonyl (C=O) groups excluding carboxylic acids is 2. The van der Waals surface area contributed by atoms with E-state index in [4.69, 9.17) is 18.4 Å². The number of esters is 1. The van der Waals surface area contributed by atoms with Crippen LogP contribution >= 0.6 is 0 Å². The number of hydrogen-bond acceptors (Lipinski definition) is 8. The van der Waals surface area contributed by atoms with E-state index in [-0.39, 0.29) is 22.5 Å². The molecular formula is C19H34NO8S+. The Morgan fingerprint density at radius 3 is 2.03 bits per heavy atom. The first-order valence-electron chi connectivity index (χ1n) is 10.1. The highest BCUT2D eigenvalue weighted by Gasteiger charge is 2.53. The summed E-state index contributed by atoms with van der Waals surface area (Å²) in [4.78, 5) is 24.8. The Morgan fingerprint density at radius 1 is 1.03 bits per heavy atom. The topological polar surface area (TPSA) is 105 Å². The first-order valence-corrected chi connectivity index (χ1v) is 11.9. The second-order valence-electron chi connectivity index (χ2n) is 8.91. The Morgan fingerprint density at radius 2 is 1.59 bits per heavy atom. The molecule has 9 nitrogen and oxygen atoms in total. The van der Waals surface area contributed by atoms with Gasteiger partial charge in [-0.25, -0.2) is 0 Å². The summed E-state index contributed by atoms with van der Waals surface area (Å²) in [5.41, 5.74) is -0.723.